The first kappa shape index (κ1) is 15.3. The Hall–Kier alpha value is -1.29. The first-order chi connectivity index (χ1) is 11.0. The molecule has 1 aromatic heterocycles. The standard InChI is InChI=1S/C19H30N4/c1-12-16-7-13(19(16,2)3)8-17(12)22-18-9-15(5-6-21-18)23-10-14(11-23)20-4/h5-6,9,12-14,16-17,20H,7-8,10-11H2,1-4H3,(H,21,22)/t12?,13-,16-,17?/m0/s1. The topological polar surface area (TPSA) is 40.2 Å². The van der Waals surface area contributed by atoms with Crippen molar-refractivity contribution in [3.63, 3.8) is 0 Å². The van der Waals surface area contributed by atoms with Gasteiger partial charge in [0.15, 0.2) is 0 Å². The normalized spacial score (nSPS) is 35.4. The lowest BCUT2D eigenvalue weighted by Crippen LogP contribution is -2.58. The maximum absolute atomic E-state index is 4.57. The van der Waals surface area contributed by atoms with E-state index in [1.165, 1.54) is 18.5 Å². The number of likely N-dealkylation sites (N-methyl/N-ethyl adjacent to an activating group) is 1. The van der Waals surface area contributed by atoms with Gasteiger partial charge in [-0.15, -0.1) is 0 Å². The Morgan fingerprint density at radius 2 is 2.04 bits per heavy atom. The number of rotatable bonds is 4. The molecule has 2 bridgehead atoms. The Bertz CT molecular complexity index is 578. The van der Waals surface area contributed by atoms with Crippen LogP contribution in [0.1, 0.15) is 33.6 Å². The third kappa shape index (κ3) is 2.42. The molecule has 3 aliphatic carbocycles. The second kappa shape index (κ2) is 5.37. The zero-order valence-electron chi connectivity index (χ0n) is 14.8. The number of nitrogens with one attached hydrogen (secondary N) is 2. The van der Waals surface area contributed by atoms with Crippen molar-refractivity contribution in [3.05, 3.63) is 18.3 Å². The van der Waals surface area contributed by atoms with Crippen molar-refractivity contribution in [2.24, 2.45) is 23.2 Å². The molecular formula is C19H30N4. The molecule has 126 valence electrons. The molecule has 0 spiro atoms. The summed E-state index contributed by atoms with van der Waals surface area (Å²) in [4.78, 5) is 6.99. The Morgan fingerprint density at radius 3 is 2.70 bits per heavy atom. The SMILES string of the molecule is CNC1CN(c2ccnc(NC3C[C@@H]4C[C@@H](C3C)C4(C)C)c2)C1. The van der Waals surface area contributed by atoms with Crippen molar-refractivity contribution in [1.29, 1.82) is 0 Å². The molecule has 4 atom stereocenters. The number of fused-ring (bicyclic) bond motifs is 2. The summed E-state index contributed by atoms with van der Waals surface area (Å²) in [6.07, 6.45) is 4.67. The zero-order chi connectivity index (χ0) is 16.2. The molecule has 0 radical (unpaired) electrons. The van der Waals surface area contributed by atoms with Crippen LogP contribution in [0.5, 0.6) is 0 Å². The molecule has 2 N–H and O–H groups in total. The zero-order valence-corrected chi connectivity index (χ0v) is 14.8. The summed E-state index contributed by atoms with van der Waals surface area (Å²) in [5.41, 5.74) is 1.84. The van der Waals surface area contributed by atoms with Crippen molar-refractivity contribution in [2.75, 3.05) is 30.4 Å². The fourth-order valence-corrected chi connectivity index (χ4v) is 5.10. The molecule has 0 aromatic carbocycles. The van der Waals surface area contributed by atoms with Crippen LogP contribution >= 0.6 is 0 Å². The molecule has 4 heteroatoms. The van der Waals surface area contributed by atoms with Gasteiger partial charge in [-0.3, -0.25) is 0 Å². The summed E-state index contributed by atoms with van der Waals surface area (Å²) >= 11 is 0. The van der Waals surface area contributed by atoms with Gasteiger partial charge in [0.25, 0.3) is 0 Å². The van der Waals surface area contributed by atoms with Gasteiger partial charge in [0.05, 0.1) is 0 Å². The van der Waals surface area contributed by atoms with Crippen LogP contribution in [0, 0.1) is 23.2 Å². The second-order valence-electron chi connectivity index (χ2n) is 8.50. The minimum atomic E-state index is 0.548. The summed E-state index contributed by atoms with van der Waals surface area (Å²) in [6.45, 7) is 9.53. The lowest BCUT2D eigenvalue weighted by atomic mass is 9.45. The fraction of sp³-hybridized carbons (Fsp3) is 0.737. The van der Waals surface area contributed by atoms with Crippen LogP contribution < -0.4 is 15.5 Å². The second-order valence-corrected chi connectivity index (χ2v) is 8.50. The van der Waals surface area contributed by atoms with Gasteiger partial charge in [0, 0.05) is 43.1 Å². The van der Waals surface area contributed by atoms with Crippen LogP contribution in [-0.2, 0) is 0 Å². The predicted molar refractivity (Wildman–Crippen MR) is 95.9 cm³/mol. The predicted octanol–water partition coefficient (Wildman–Crippen LogP) is 2.97. The van der Waals surface area contributed by atoms with Gasteiger partial charge in [-0.1, -0.05) is 20.8 Å². The van der Waals surface area contributed by atoms with Crippen LogP contribution in [0.25, 0.3) is 0 Å². The lowest BCUT2D eigenvalue weighted by molar-refractivity contribution is -0.105. The molecule has 1 saturated heterocycles. The summed E-state index contributed by atoms with van der Waals surface area (Å²) < 4.78 is 0. The van der Waals surface area contributed by atoms with E-state index in [-0.39, 0.29) is 0 Å². The van der Waals surface area contributed by atoms with Crippen LogP contribution in [0.2, 0.25) is 0 Å². The first-order valence-electron chi connectivity index (χ1n) is 9.14. The average Bonchev–Trinajstić information content (AvgIpc) is 2.48. The molecule has 23 heavy (non-hydrogen) atoms. The highest BCUT2D eigenvalue weighted by atomic mass is 15.2. The van der Waals surface area contributed by atoms with E-state index >= 15 is 0 Å². The minimum Gasteiger partial charge on any atom is -0.368 e. The summed E-state index contributed by atoms with van der Waals surface area (Å²) in [5, 5.41) is 7.08. The summed E-state index contributed by atoms with van der Waals surface area (Å²) in [7, 11) is 2.04. The smallest absolute Gasteiger partial charge is 0.128 e. The van der Waals surface area contributed by atoms with Gasteiger partial charge in [-0.2, -0.15) is 0 Å². The minimum absolute atomic E-state index is 0.548. The van der Waals surface area contributed by atoms with E-state index in [2.05, 4.69) is 53.4 Å². The largest absolute Gasteiger partial charge is 0.368 e. The van der Waals surface area contributed by atoms with Gasteiger partial charge in [-0.25, -0.2) is 4.98 Å². The average molecular weight is 314 g/mol. The van der Waals surface area contributed by atoms with E-state index in [0.29, 0.717) is 17.5 Å². The van der Waals surface area contributed by atoms with Crippen molar-refractivity contribution < 1.29 is 0 Å². The Kier molecular flexibility index (Phi) is 3.56. The summed E-state index contributed by atoms with van der Waals surface area (Å²) in [6, 6.07) is 5.56. The number of anilines is 2. The van der Waals surface area contributed by atoms with Crippen LogP contribution in [0.4, 0.5) is 11.5 Å². The molecule has 1 aromatic rings. The van der Waals surface area contributed by atoms with Crippen LogP contribution in [0.3, 0.4) is 0 Å². The van der Waals surface area contributed by atoms with Crippen LogP contribution in [0.15, 0.2) is 18.3 Å². The Labute approximate surface area is 140 Å². The van der Waals surface area contributed by atoms with Crippen molar-refractivity contribution in [2.45, 2.75) is 45.7 Å². The lowest BCUT2D eigenvalue weighted by Gasteiger charge is -2.62. The number of pyridine rings is 1. The van der Waals surface area contributed by atoms with Crippen molar-refractivity contribution in [3.8, 4) is 0 Å². The third-order valence-corrected chi connectivity index (χ3v) is 7.09. The van der Waals surface area contributed by atoms with E-state index in [9.17, 15) is 0 Å². The third-order valence-electron chi connectivity index (χ3n) is 7.09. The fourth-order valence-electron chi connectivity index (χ4n) is 5.10. The highest BCUT2D eigenvalue weighted by Crippen LogP contribution is 2.61. The maximum atomic E-state index is 4.57. The molecule has 1 aliphatic heterocycles. The highest BCUT2D eigenvalue weighted by Gasteiger charge is 2.56. The van der Waals surface area contributed by atoms with Crippen molar-refractivity contribution >= 4 is 11.5 Å². The van der Waals surface area contributed by atoms with E-state index in [0.717, 1.165) is 36.7 Å². The number of hydrogen-bond acceptors (Lipinski definition) is 4. The number of hydrogen-bond donors (Lipinski definition) is 2. The Balaban J connectivity index is 1.42. The van der Waals surface area contributed by atoms with Gasteiger partial charge in [0.1, 0.15) is 5.82 Å². The molecule has 0 amide bonds. The molecule has 5 rings (SSSR count). The van der Waals surface area contributed by atoms with E-state index < -0.39 is 0 Å². The maximum Gasteiger partial charge on any atom is 0.128 e. The molecule has 4 aliphatic rings. The van der Waals surface area contributed by atoms with Gasteiger partial charge in [0.2, 0.25) is 0 Å². The molecule has 2 heterocycles. The Morgan fingerprint density at radius 1 is 1.26 bits per heavy atom. The molecule has 2 unspecified atom stereocenters. The number of aromatic nitrogens is 1. The quantitative estimate of drug-likeness (QED) is 0.896. The van der Waals surface area contributed by atoms with E-state index in [1.807, 2.05) is 13.2 Å². The molecular weight excluding hydrogens is 284 g/mol. The van der Waals surface area contributed by atoms with E-state index in [1.54, 1.807) is 0 Å². The van der Waals surface area contributed by atoms with Gasteiger partial charge < -0.3 is 15.5 Å². The molecule has 4 nitrogen and oxygen atoms in total. The van der Waals surface area contributed by atoms with Gasteiger partial charge >= 0.3 is 0 Å². The number of nitrogens with zero attached hydrogens (tertiary/aromatic N) is 2. The molecule has 4 fully saturated rings. The van der Waals surface area contributed by atoms with E-state index in [4.69, 9.17) is 0 Å². The summed E-state index contributed by atoms with van der Waals surface area (Å²) in [5.74, 6) is 3.54. The molecule has 3 saturated carbocycles. The van der Waals surface area contributed by atoms with Crippen LogP contribution in [-0.4, -0.2) is 37.2 Å². The van der Waals surface area contributed by atoms with Crippen molar-refractivity contribution in [1.82, 2.24) is 10.3 Å². The first-order valence-corrected chi connectivity index (χ1v) is 9.14. The monoisotopic (exact) mass is 314 g/mol. The van der Waals surface area contributed by atoms with Gasteiger partial charge in [-0.05, 0) is 49.1 Å². The highest BCUT2D eigenvalue weighted by molar-refractivity contribution is 5.56.